The minimum absolute atomic E-state index is 0.266. The van der Waals surface area contributed by atoms with Crippen LogP contribution in [0.5, 0.6) is 5.75 Å². The highest BCUT2D eigenvalue weighted by Gasteiger charge is 2.15. The molecule has 3 rings (SSSR count). The van der Waals surface area contributed by atoms with Crippen LogP contribution in [0.4, 0.5) is 0 Å². The SMILES string of the molecule is CCC(NCc1ccc(OCC2CCCO2)cc1)c1ccccc1. The quantitative estimate of drug-likeness (QED) is 0.776. The maximum Gasteiger partial charge on any atom is 0.119 e. The topological polar surface area (TPSA) is 30.5 Å². The predicted molar refractivity (Wildman–Crippen MR) is 97.2 cm³/mol. The minimum atomic E-state index is 0.266. The molecular weight excluding hydrogens is 298 g/mol. The van der Waals surface area contributed by atoms with Crippen LogP contribution < -0.4 is 10.1 Å². The standard InChI is InChI=1S/C21H27NO2/c1-2-21(18-7-4-3-5-8-18)22-15-17-10-12-19(13-11-17)24-16-20-9-6-14-23-20/h3-5,7-8,10-13,20-22H,2,6,9,14-16H2,1H3. The highest BCUT2D eigenvalue weighted by molar-refractivity contribution is 5.27. The van der Waals surface area contributed by atoms with Gasteiger partial charge in [0.05, 0.1) is 6.10 Å². The molecule has 2 atom stereocenters. The first-order valence-corrected chi connectivity index (χ1v) is 8.97. The van der Waals surface area contributed by atoms with E-state index in [1.807, 2.05) is 0 Å². The molecule has 0 saturated carbocycles. The fourth-order valence-electron chi connectivity index (χ4n) is 3.09. The molecule has 24 heavy (non-hydrogen) atoms. The van der Waals surface area contributed by atoms with Crippen LogP contribution in [0.1, 0.15) is 43.4 Å². The minimum Gasteiger partial charge on any atom is -0.491 e. The highest BCUT2D eigenvalue weighted by atomic mass is 16.5. The molecule has 1 heterocycles. The van der Waals surface area contributed by atoms with Gasteiger partial charge in [-0.1, -0.05) is 49.4 Å². The van der Waals surface area contributed by atoms with Crippen LogP contribution in [-0.2, 0) is 11.3 Å². The summed E-state index contributed by atoms with van der Waals surface area (Å²) in [6.07, 6.45) is 3.60. The van der Waals surface area contributed by atoms with Crippen molar-refractivity contribution in [2.45, 2.75) is 44.9 Å². The van der Waals surface area contributed by atoms with Crippen LogP contribution in [0.15, 0.2) is 54.6 Å². The van der Waals surface area contributed by atoms with Gasteiger partial charge >= 0.3 is 0 Å². The largest absolute Gasteiger partial charge is 0.491 e. The van der Waals surface area contributed by atoms with E-state index in [2.05, 4.69) is 66.8 Å². The third kappa shape index (κ3) is 4.83. The summed E-state index contributed by atoms with van der Waals surface area (Å²) >= 11 is 0. The molecule has 0 spiro atoms. The lowest BCUT2D eigenvalue weighted by Crippen LogP contribution is -2.20. The molecule has 2 aromatic carbocycles. The van der Waals surface area contributed by atoms with Crippen molar-refractivity contribution in [3.8, 4) is 5.75 Å². The average molecular weight is 325 g/mol. The first-order chi connectivity index (χ1) is 11.8. The molecule has 0 aromatic heterocycles. The second-order valence-electron chi connectivity index (χ2n) is 6.34. The smallest absolute Gasteiger partial charge is 0.119 e. The second kappa shape index (κ2) is 8.86. The highest BCUT2D eigenvalue weighted by Crippen LogP contribution is 2.19. The Morgan fingerprint density at radius 1 is 1.12 bits per heavy atom. The molecule has 1 aliphatic rings. The monoisotopic (exact) mass is 325 g/mol. The number of nitrogens with one attached hydrogen (secondary N) is 1. The van der Waals surface area contributed by atoms with Gasteiger partial charge in [-0.2, -0.15) is 0 Å². The van der Waals surface area contributed by atoms with Crippen molar-refractivity contribution in [2.24, 2.45) is 0 Å². The molecule has 2 unspecified atom stereocenters. The van der Waals surface area contributed by atoms with Crippen molar-refractivity contribution < 1.29 is 9.47 Å². The van der Waals surface area contributed by atoms with Crippen molar-refractivity contribution in [2.75, 3.05) is 13.2 Å². The Morgan fingerprint density at radius 2 is 1.92 bits per heavy atom. The van der Waals surface area contributed by atoms with Gasteiger partial charge in [-0.05, 0) is 42.5 Å². The van der Waals surface area contributed by atoms with Gasteiger partial charge < -0.3 is 14.8 Å². The van der Waals surface area contributed by atoms with Gasteiger partial charge in [-0.15, -0.1) is 0 Å². The molecule has 0 aliphatic carbocycles. The van der Waals surface area contributed by atoms with Crippen molar-refractivity contribution in [3.63, 3.8) is 0 Å². The van der Waals surface area contributed by atoms with Gasteiger partial charge in [0.2, 0.25) is 0 Å². The van der Waals surface area contributed by atoms with Crippen molar-refractivity contribution >= 4 is 0 Å². The van der Waals surface area contributed by atoms with E-state index in [1.165, 1.54) is 11.1 Å². The Balaban J connectivity index is 1.48. The molecule has 3 heteroatoms. The van der Waals surface area contributed by atoms with E-state index in [-0.39, 0.29) is 6.10 Å². The Morgan fingerprint density at radius 3 is 2.58 bits per heavy atom. The first kappa shape index (κ1) is 17.0. The molecule has 0 radical (unpaired) electrons. The Hall–Kier alpha value is -1.84. The van der Waals surface area contributed by atoms with Crippen LogP contribution in [-0.4, -0.2) is 19.3 Å². The summed E-state index contributed by atoms with van der Waals surface area (Å²) in [4.78, 5) is 0. The summed E-state index contributed by atoms with van der Waals surface area (Å²) in [5.41, 5.74) is 2.62. The molecule has 0 amide bonds. The summed E-state index contributed by atoms with van der Waals surface area (Å²) in [5.74, 6) is 0.921. The number of hydrogen-bond donors (Lipinski definition) is 1. The van der Waals surface area contributed by atoms with Gasteiger partial charge in [0, 0.05) is 19.2 Å². The Bertz CT molecular complexity index is 591. The van der Waals surface area contributed by atoms with E-state index < -0.39 is 0 Å². The van der Waals surface area contributed by atoms with Gasteiger partial charge in [-0.25, -0.2) is 0 Å². The normalized spacial score (nSPS) is 18.5. The molecule has 3 nitrogen and oxygen atoms in total. The molecule has 0 bridgehead atoms. The number of rotatable bonds is 8. The fraction of sp³-hybridized carbons (Fsp3) is 0.429. The molecule has 1 fully saturated rings. The molecular formula is C21H27NO2. The van der Waals surface area contributed by atoms with Crippen molar-refractivity contribution in [1.29, 1.82) is 0 Å². The van der Waals surface area contributed by atoms with Crippen LogP contribution in [0.25, 0.3) is 0 Å². The van der Waals surface area contributed by atoms with Gasteiger partial charge in [0.15, 0.2) is 0 Å². The molecule has 1 saturated heterocycles. The van der Waals surface area contributed by atoms with E-state index in [1.54, 1.807) is 0 Å². The van der Waals surface area contributed by atoms with Crippen molar-refractivity contribution in [1.82, 2.24) is 5.32 Å². The molecule has 1 aliphatic heterocycles. The molecule has 1 N–H and O–H groups in total. The maximum absolute atomic E-state index is 5.82. The Kier molecular flexibility index (Phi) is 6.27. The first-order valence-electron chi connectivity index (χ1n) is 8.97. The van der Waals surface area contributed by atoms with Crippen LogP contribution >= 0.6 is 0 Å². The lowest BCUT2D eigenvalue weighted by molar-refractivity contribution is 0.0679. The van der Waals surface area contributed by atoms with Gasteiger partial charge in [0.25, 0.3) is 0 Å². The van der Waals surface area contributed by atoms with Crippen LogP contribution in [0.3, 0.4) is 0 Å². The summed E-state index contributed by atoms with van der Waals surface area (Å²) in [5, 5.41) is 3.64. The Labute approximate surface area is 145 Å². The average Bonchev–Trinajstić information content (AvgIpc) is 3.16. The van der Waals surface area contributed by atoms with Crippen LogP contribution in [0, 0.1) is 0 Å². The van der Waals surface area contributed by atoms with E-state index in [0.717, 1.165) is 38.2 Å². The predicted octanol–water partition coefficient (Wildman–Crippen LogP) is 4.49. The second-order valence-corrected chi connectivity index (χ2v) is 6.34. The third-order valence-electron chi connectivity index (χ3n) is 4.55. The maximum atomic E-state index is 5.82. The lowest BCUT2D eigenvalue weighted by Gasteiger charge is -2.17. The number of hydrogen-bond acceptors (Lipinski definition) is 3. The van der Waals surface area contributed by atoms with E-state index in [4.69, 9.17) is 9.47 Å². The van der Waals surface area contributed by atoms with Crippen LogP contribution in [0.2, 0.25) is 0 Å². The summed E-state index contributed by atoms with van der Waals surface area (Å²) in [6.45, 7) is 4.61. The molecule has 128 valence electrons. The van der Waals surface area contributed by atoms with E-state index >= 15 is 0 Å². The summed E-state index contributed by atoms with van der Waals surface area (Å²) in [7, 11) is 0. The third-order valence-corrected chi connectivity index (χ3v) is 4.55. The lowest BCUT2D eigenvalue weighted by atomic mass is 10.0. The zero-order valence-corrected chi connectivity index (χ0v) is 14.4. The zero-order chi connectivity index (χ0) is 16.6. The molecule has 2 aromatic rings. The van der Waals surface area contributed by atoms with E-state index in [0.29, 0.717) is 12.6 Å². The van der Waals surface area contributed by atoms with Crippen molar-refractivity contribution in [3.05, 3.63) is 65.7 Å². The zero-order valence-electron chi connectivity index (χ0n) is 14.4. The summed E-state index contributed by atoms with van der Waals surface area (Å²) in [6, 6.07) is 19.4. The summed E-state index contributed by atoms with van der Waals surface area (Å²) < 4.78 is 11.4. The van der Waals surface area contributed by atoms with E-state index in [9.17, 15) is 0 Å². The fourth-order valence-corrected chi connectivity index (χ4v) is 3.09. The number of ether oxygens (including phenoxy) is 2. The van der Waals surface area contributed by atoms with Gasteiger partial charge in [-0.3, -0.25) is 0 Å². The number of benzene rings is 2. The van der Waals surface area contributed by atoms with Gasteiger partial charge in [0.1, 0.15) is 12.4 Å².